The minimum Gasteiger partial charge on any atom is -0.382 e. The van der Waals surface area contributed by atoms with Crippen LogP contribution >= 0.6 is 0 Å². The molecule has 7 nitrogen and oxygen atoms in total. The van der Waals surface area contributed by atoms with E-state index in [2.05, 4.69) is 54.2 Å². The summed E-state index contributed by atoms with van der Waals surface area (Å²) in [6, 6.07) is 10.9. The highest BCUT2D eigenvalue weighted by Gasteiger charge is 2.55. The Labute approximate surface area is 217 Å². The van der Waals surface area contributed by atoms with Gasteiger partial charge in [-0.2, -0.15) is 0 Å². The zero-order valence-corrected chi connectivity index (χ0v) is 22.5. The molecule has 3 fully saturated rings. The highest BCUT2D eigenvalue weighted by Crippen LogP contribution is 2.49. The second kappa shape index (κ2) is 12.1. The van der Waals surface area contributed by atoms with Crippen LogP contribution in [-0.4, -0.2) is 92.7 Å². The number of ketones is 1. The normalized spacial score (nSPS) is 26.7. The number of ether oxygens (including phenoxy) is 2. The Morgan fingerprint density at radius 3 is 2.39 bits per heavy atom. The van der Waals surface area contributed by atoms with E-state index in [0.717, 1.165) is 32.2 Å². The highest BCUT2D eigenvalue weighted by atomic mass is 16.5. The monoisotopic (exact) mass is 499 g/mol. The summed E-state index contributed by atoms with van der Waals surface area (Å²) in [6.45, 7) is 3.40. The van der Waals surface area contributed by atoms with Crippen molar-refractivity contribution >= 4 is 11.8 Å². The molecule has 7 heteroatoms. The van der Waals surface area contributed by atoms with E-state index in [-0.39, 0.29) is 29.4 Å². The van der Waals surface area contributed by atoms with Crippen molar-refractivity contribution in [3.8, 4) is 0 Å². The molecule has 2 aliphatic carbocycles. The number of rotatable bonds is 13. The Kier molecular flexibility index (Phi) is 9.07. The third kappa shape index (κ3) is 5.79. The second-order valence-electron chi connectivity index (χ2n) is 11.3. The van der Waals surface area contributed by atoms with E-state index in [1.54, 1.807) is 7.11 Å². The molecule has 1 spiro atoms. The van der Waals surface area contributed by atoms with Gasteiger partial charge in [0.1, 0.15) is 0 Å². The molecular formula is C29H45N3O4. The highest BCUT2D eigenvalue weighted by molar-refractivity contribution is 5.87. The lowest BCUT2D eigenvalue weighted by atomic mass is 9.68. The first-order valence-electron chi connectivity index (χ1n) is 13.8. The molecule has 0 atom stereocenters. The number of Topliss-reactive ketones (excluding diaryl/α,β-unsaturated/α-hetero) is 1. The number of benzene rings is 1. The molecule has 4 rings (SSSR count). The molecule has 0 unspecified atom stereocenters. The molecule has 0 bridgehead atoms. The molecule has 3 aliphatic rings. The van der Waals surface area contributed by atoms with Gasteiger partial charge in [0.05, 0.1) is 25.3 Å². The molecule has 0 radical (unpaired) electrons. The van der Waals surface area contributed by atoms with Crippen molar-refractivity contribution in [3.63, 3.8) is 0 Å². The van der Waals surface area contributed by atoms with Crippen LogP contribution in [0.5, 0.6) is 0 Å². The number of urea groups is 1. The number of carbonyl (C=O) groups excluding carboxylic acids is 2. The Morgan fingerprint density at radius 1 is 1.06 bits per heavy atom. The summed E-state index contributed by atoms with van der Waals surface area (Å²) in [5, 5.41) is 0. The molecule has 1 saturated heterocycles. The van der Waals surface area contributed by atoms with E-state index in [0.29, 0.717) is 45.1 Å². The molecule has 36 heavy (non-hydrogen) atoms. The molecule has 2 saturated carbocycles. The lowest BCUT2D eigenvalue weighted by Gasteiger charge is -2.51. The maximum Gasteiger partial charge on any atom is 0.321 e. The van der Waals surface area contributed by atoms with Crippen LogP contribution in [0.2, 0.25) is 0 Å². The Bertz CT molecular complexity index is 863. The lowest BCUT2D eigenvalue weighted by molar-refractivity contribution is -0.120. The predicted molar refractivity (Wildman–Crippen MR) is 141 cm³/mol. The van der Waals surface area contributed by atoms with Gasteiger partial charge in [0.15, 0.2) is 5.78 Å². The Morgan fingerprint density at radius 2 is 1.78 bits per heavy atom. The van der Waals surface area contributed by atoms with Gasteiger partial charge in [-0.3, -0.25) is 9.69 Å². The van der Waals surface area contributed by atoms with Crippen LogP contribution in [-0.2, 0) is 19.8 Å². The van der Waals surface area contributed by atoms with Crippen LogP contribution in [0, 0.1) is 5.92 Å². The summed E-state index contributed by atoms with van der Waals surface area (Å²) < 4.78 is 10.5. The van der Waals surface area contributed by atoms with Crippen LogP contribution in [0.4, 0.5) is 4.79 Å². The minimum atomic E-state index is -0.162. The summed E-state index contributed by atoms with van der Waals surface area (Å²) in [6.07, 6.45) is 8.80. The maximum atomic E-state index is 13.7. The summed E-state index contributed by atoms with van der Waals surface area (Å²) in [7, 11) is 6.01. The number of hydrogen-bond donors (Lipinski definition) is 0. The Hall–Kier alpha value is -1.96. The predicted octanol–water partition coefficient (Wildman–Crippen LogP) is 4.31. The number of carbonyl (C=O) groups is 2. The number of nitrogens with zero attached hydrogens (tertiary/aromatic N) is 3. The first-order valence-corrected chi connectivity index (χ1v) is 13.8. The third-order valence-electron chi connectivity index (χ3n) is 8.94. The van der Waals surface area contributed by atoms with E-state index in [9.17, 15) is 9.59 Å². The topological polar surface area (TPSA) is 62.3 Å². The number of methoxy groups -OCH3 is 1. The zero-order chi connectivity index (χ0) is 25.6. The van der Waals surface area contributed by atoms with Gasteiger partial charge in [-0.15, -0.1) is 0 Å². The molecule has 0 aromatic heterocycles. The first kappa shape index (κ1) is 27.1. The van der Waals surface area contributed by atoms with Crippen molar-refractivity contribution in [3.05, 3.63) is 35.9 Å². The van der Waals surface area contributed by atoms with E-state index in [1.165, 1.54) is 24.8 Å². The van der Waals surface area contributed by atoms with Crippen LogP contribution in [0.25, 0.3) is 0 Å². The molecule has 0 N–H and O–H groups in total. The standard InChI is InChI=1S/C29H45N3O4/c1-30(2)29(25-11-5-4-6-12-25)16-14-28(15-17-29)23-31(27(34)32(28)21-24-9-7-10-24)22-26(33)13-8-18-36-20-19-35-3/h4-6,11-12,24H,7-10,13-23H2,1-3H3. The summed E-state index contributed by atoms with van der Waals surface area (Å²) >= 11 is 0. The SMILES string of the molecule is COCCOCCCC(=O)CN1CC2(CCC(c3ccccc3)(N(C)C)CC2)N(CC2CCC2)C1=O. The van der Waals surface area contributed by atoms with Gasteiger partial charge in [-0.1, -0.05) is 36.8 Å². The molecule has 1 heterocycles. The smallest absolute Gasteiger partial charge is 0.321 e. The van der Waals surface area contributed by atoms with Gasteiger partial charge in [0.25, 0.3) is 0 Å². The number of hydrogen-bond acceptors (Lipinski definition) is 5. The van der Waals surface area contributed by atoms with Crippen molar-refractivity contribution in [2.24, 2.45) is 5.92 Å². The average molecular weight is 500 g/mol. The van der Waals surface area contributed by atoms with Gasteiger partial charge < -0.3 is 19.3 Å². The van der Waals surface area contributed by atoms with Crippen molar-refractivity contribution < 1.29 is 19.1 Å². The van der Waals surface area contributed by atoms with E-state index >= 15 is 0 Å². The minimum absolute atomic E-state index is 0.0102. The molecule has 1 aliphatic heterocycles. The average Bonchev–Trinajstić information content (AvgIpc) is 3.09. The van der Waals surface area contributed by atoms with Gasteiger partial charge in [0.2, 0.25) is 0 Å². The zero-order valence-electron chi connectivity index (χ0n) is 22.5. The maximum absolute atomic E-state index is 13.7. The van der Waals surface area contributed by atoms with Crippen LogP contribution < -0.4 is 0 Å². The fourth-order valence-electron chi connectivity index (χ4n) is 6.42. The van der Waals surface area contributed by atoms with Crippen molar-refractivity contribution in [1.29, 1.82) is 0 Å². The summed E-state index contributed by atoms with van der Waals surface area (Å²) in [5.41, 5.74) is 1.19. The van der Waals surface area contributed by atoms with Crippen molar-refractivity contribution in [2.45, 2.75) is 68.9 Å². The van der Waals surface area contributed by atoms with Gasteiger partial charge in [-0.25, -0.2) is 4.79 Å². The fourth-order valence-corrected chi connectivity index (χ4v) is 6.42. The van der Waals surface area contributed by atoms with E-state index < -0.39 is 0 Å². The molecule has 2 amide bonds. The van der Waals surface area contributed by atoms with Crippen molar-refractivity contribution in [1.82, 2.24) is 14.7 Å². The molecule has 1 aromatic rings. The van der Waals surface area contributed by atoms with Gasteiger partial charge >= 0.3 is 6.03 Å². The summed E-state index contributed by atoms with van der Waals surface area (Å²) in [5.74, 6) is 0.738. The fraction of sp³-hybridized carbons (Fsp3) is 0.724. The largest absolute Gasteiger partial charge is 0.382 e. The van der Waals surface area contributed by atoms with E-state index in [4.69, 9.17) is 9.47 Å². The number of amides is 2. The van der Waals surface area contributed by atoms with Crippen molar-refractivity contribution in [2.75, 3.05) is 60.7 Å². The van der Waals surface area contributed by atoms with Crippen LogP contribution in [0.1, 0.15) is 63.4 Å². The van der Waals surface area contributed by atoms with Crippen LogP contribution in [0.15, 0.2) is 30.3 Å². The summed E-state index contributed by atoms with van der Waals surface area (Å²) in [4.78, 5) is 32.8. The lowest BCUT2D eigenvalue weighted by Crippen LogP contribution is -2.56. The molecule has 200 valence electrons. The first-order chi connectivity index (χ1) is 17.4. The Balaban J connectivity index is 1.42. The van der Waals surface area contributed by atoms with E-state index in [1.807, 2.05) is 4.90 Å². The molecular weight excluding hydrogens is 454 g/mol. The quantitative estimate of drug-likeness (QED) is 0.379. The van der Waals surface area contributed by atoms with Gasteiger partial charge in [0, 0.05) is 38.8 Å². The van der Waals surface area contributed by atoms with Gasteiger partial charge in [-0.05, 0) is 70.5 Å². The molecule has 1 aromatic carbocycles. The second-order valence-corrected chi connectivity index (χ2v) is 11.3. The van der Waals surface area contributed by atoms with Crippen LogP contribution in [0.3, 0.4) is 0 Å². The third-order valence-corrected chi connectivity index (χ3v) is 8.94.